The van der Waals surface area contributed by atoms with Gasteiger partial charge >= 0.3 is 0 Å². The molecule has 1 aliphatic heterocycles. The average Bonchev–Trinajstić information content (AvgIpc) is 2.67. The van der Waals surface area contributed by atoms with E-state index in [9.17, 15) is 13.2 Å². The summed E-state index contributed by atoms with van der Waals surface area (Å²) < 4.78 is 28.3. The number of halogens is 1. The molecule has 0 aliphatic carbocycles. The number of amides is 1. The third kappa shape index (κ3) is 5.53. The standard InChI is InChI=1S/C22H29N3O3S.ClH/c1-16-6-5-7-18(14-16)23-29(27,28)20-9-8-17(2)21(15-20)22(26)25(4)19-10-12-24(3)13-11-19;/h5-9,14-15,19,23H,10-13H2,1-4H3;1H. The summed E-state index contributed by atoms with van der Waals surface area (Å²) in [6, 6.07) is 12.1. The molecule has 8 heteroatoms. The van der Waals surface area contributed by atoms with Gasteiger partial charge in [-0.2, -0.15) is 0 Å². The Bertz CT molecular complexity index is 1000. The van der Waals surface area contributed by atoms with Crippen LogP contribution in [-0.4, -0.2) is 57.4 Å². The number of sulfonamides is 1. The molecule has 1 heterocycles. The van der Waals surface area contributed by atoms with Crippen LogP contribution in [0.5, 0.6) is 0 Å². The highest BCUT2D eigenvalue weighted by atomic mass is 35.5. The number of anilines is 1. The van der Waals surface area contributed by atoms with Crippen LogP contribution in [0.25, 0.3) is 0 Å². The smallest absolute Gasteiger partial charge is 0.261 e. The molecule has 0 aromatic heterocycles. The first-order chi connectivity index (χ1) is 13.7. The van der Waals surface area contributed by atoms with Gasteiger partial charge in [-0.05, 0) is 82.2 Å². The average molecular weight is 452 g/mol. The van der Waals surface area contributed by atoms with Crippen LogP contribution >= 0.6 is 12.4 Å². The summed E-state index contributed by atoms with van der Waals surface area (Å²) in [5.74, 6) is -0.135. The number of hydrogen-bond acceptors (Lipinski definition) is 4. The molecule has 164 valence electrons. The minimum atomic E-state index is -3.79. The van der Waals surface area contributed by atoms with Gasteiger partial charge in [-0.1, -0.05) is 18.2 Å². The Morgan fingerprint density at radius 3 is 2.40 bits per heavy atom. The largest absolute Gasteiger partial charge is 0.339 e. The van der Waals surface area contributed by atoms with E-state index in [0.717, 1.165) is 37.1 Å². The quantitative estimate of drug-likeness (QED) is 0.752. The van der Waals surface area contributed by atoms with E-state index in [1.165, 1.54) is 6.07 Å². The number of likely N-dealkylation sites (tertiary alicyclic amines) is 1. The van der Waals surface area contributed by atoms with E-state index < -0.39 is 10.0 Å². The van der Waals surface area contributed by atoms with Gasteiger partial charge in [-0.15, -0.1) is 12.4 Å². The Morgan fingerprint density at radius 1 is 1.10 bits per heavy atom. The molecule has 0 spiro atoms. The minimum absolute atomic E-state index is 0. The first kappa shape index (κ1) is 24.2. The summed E-state index contributed by atoms with van der Waals surface area (Å²) in [6.45, 7) is 5.64. The van der Waals surface area contributed by atoms with E-state index in [1.807, 2.05) is 27.0 Å². The van der Waals surface area contributed by atoms with Gasteiger partial charge in [-0.3, -0.25) is 9.52 Å². The number of aryl methyl sites for hydroxylation is 2. The van der Waals surface area contributed by atoms with Crippen molar-refractivity contribution >= 4 is 34.0 Å². The second-order valence-corrected chi connectivity index (χ2v) is 9.58. The molecule has 1 N–H and O–H groups in total. The topological polar surface area (TPSA) is 69.7 Å². The van der Waals surface area contributed by atoms with Crippen molar-refractivity contribution in [2.24, 2.45) is 0 Å². The maximum Gasteiger partial charge on any atom is 0.261 e. The van der Waals surface area contributed by atoms with Crippen molar-refractivity contribution in [2.75, 3.05) is 31.9 Å². The van der Waals surface area contributed by atoms with Gasteiger partial charge in [0, 0.05) is 24.3 Å². The number of carbonyl (C=O) groups excluding carboxylic acids is 1. The van der Waals surface area contributed by atoms with Gasteiger partial charge in [0.05, 0.1) is 4.90 Å². The van der Waals surface area contributed by atoms with E-state index >= 15 is 0 Å². The maximum absolute atomic E-state index is 13.1. The zero-order valence-electron chi connectivity index (χ0n) is 17.9. The molecular weight excluding hydrogens is 422 g/mol. The fraction of sp³-hybridized carbons (Fsp3) is 0.409. The van der Waals surface area contributed by atoms with Crippen LogP contribution in [0, 0.1) is 13.8 Å². The molecule has 0 bridgehead atoms. The highest BCUT2D eigenvalue weighted by molar-refractivity contribution is 7.92. The maximum atomic E-state index is 13.1. The Labute approximate surface area is 185 Å². The van der Waals surface area contributed by atoms with Crippen LogP contribution in [0.15, 0.2) is 47.4 Å². The van der Waals surface area contributed by atoms with E-state index in [-0.39, 0.29) is 29.3 Å². The zero-order chi connectivity index (χ0) is 21.2. The van der Waals surface area contributed by atoms with Crippen molar-refractivity contribution < 1.29 is 13.2 Å². The second-order valence-electron chi connectivity index (χ2n) is 7.90. The van der Waals surface area contributed by atoms with Crippen molar-refractivity contribution in [3.05, 3.63) is 59.2 Å². The van der Waals surface area contributed by atoms with Crippen molar-refractivity contribution in [1.29, 1.82) is 0 Å². The molecule has 30 heavy (non-hydrogen) atoms. The summed E-state index contributed by atoms with van der Waals surface area (Å²) in [4.78, 5) is 17.2. The predicted molar refractivity (Wildman–Crippen MR) is 123 cm³/mol. The third-order valence-electron chi connectivity index (χ3n) is 5.58. The predicted octanol–water partition coefficient (Wildman–Crippen LogP) is 3.69. The monoisotopic (exact) mass is 451 g/mol. The Kier molecular flexibility index (Phi) is 7.91. The Morgan fingerprint density at radius 2 is 1.77 bits per heavy atom. The summed E-state index contributed by atoms with van der Waals surface area (Å²) in [6.07, 6.45) is 1.84. The third-order valence-corrected chi connectivity index (χ3v) is 6.96. The SMILES string of the molecule is Cc1cccc(NS(=O)(=O)c2ccc(C)c(C(=O)N(C)C3CCN(C)CC3)c2)c1.Cl. The molecule has 0 radical (unpaired) electrons. The number of piperidine rings is 1. The summed E-state index contributed by atoms with van der Waals surface area (Å²) >= 11 is 0. The van der Waals surface area contributed by atoms with E-state index in [4.69, 9.17) is 0 Å². The number of rotatable bonds is 5. The number of hydrogen-bond donors (Lipinski definition) is 1. The lowest BCUT2D eigenvalue weighted by Gasteiger charge is -2.35. The number of nitrogens with one attached hydrogen (secondary N) is 1. The van der Waals surface area contributed by atoms with Crippen LogP contribution in [-0.2, 0) is 10.0 Å². The minimum Gasteiger partial charge on any atom is -0.339 e. The van der Waals surface area contributed by atoms with Crippen LogP contribution in [0.2, 0.25) is 0 Å². The summed E-state index contributed by atoms with van der Waals surface area (Å²) in [7, 11) is 0.102. The normalized spacial score (nSPS) is 15.3. The van der Waals surface area contributed by atoms with Crippen LogP contribution in [0.4, 0.5) is 5.69 Å². The lowest BCUT2D eigenvalue weighted by Crippen LogP contribution is -2.44. The van der Waals surface area contributed by atoms with Crippen LogP contribution in [0.3, 0.4) is 0 Å². The van der Waals surface area contributed by atoms with Crippen molar-refractivity contribution in [3.63, 3.8) is 0 Å². The molecule has 0 atom stereocenters. The highest BCUT2D eigenvalue weighted by Gasteiger charge is 2.26. The molecule has 6 nitrogen and oxygen atoms in total. The van der Waals surface area contributed by atoms with Crippen LogP contribution in [0.1, 0.15) is 34.3 Å². The molecule has 1 aliphatic rings. The van der Waals surface area contributed by atoms with Gasteiger partial charge in [0.2, 0.25) is 0 Å². The Hall–Kier alpha value is -2.09. The summed E-state index contributed by atoms with van der Waals surface area (Å²) in [5, 5.41) is 0. The Balaban J connectivity index is 0.00000320. The number of carbonyl (C=O) groups is 1. The zero-order valence-corrected chi connectivity index (χ0v) is 19.5. The van der Waals surface area contributed by atoms with Gasteiger partial charge in [0.15, 0.2) is 0 Å². The fourth-order valence-electron chi connectivity index (χ4n) is 3.66. The van der Waals surface area contributed by atoms with Crippen molar-refractivity contribution in [1.82, 2.24) is 9.80 Å². The molecule has 2 aromatic carbocycles. The number of benzene rings is 2. The number of nitrogens with zero attached hydrogens (tertiary/aromatic N) is 2. The molecule has 0 saturated carbocycles. The van der Waals surface area contributed by atoms with E-state index in [1.54, 1.807) is 35.2 Å². The van der Waals surface area contributed by atoms with E-state index in [0.29, 0.717) is 11.3 Å². The first-order valence-electron chi connectivity index (χ1n) is 9.83. The molecule has 2 aromatic rings. The van der Waals surface area contributed by atoms with Gasteiger partial charge in [0.1, 0.15) is 0 Å². The fourth-order valence-corrected chi connectivity index (χ4v) is 4.73. The van der Waals surface area contributed by atoms with E-state index in [2.05, 4.69) is 16.7 Å². The lowest BCUT2D eigenvalue weighted by atomic mass is 10.0. The molecule has 1 saturated heterocycles. The van der Waals surface area contributed by atoms with Crippen molar-refractivity contribution in [3.8, 4) is 0 Å². The second kappa shape index (κ2) is 9.81. The first-order valence-corrected chi connectivity index (χ1v) is 11.3. The van der Waals surface area contributed by atoms with Gasteiger partial charge < -0.3 is 9.80 Å². The highest BCUT2D eigenvalue weighted by Crippen LogP contribution is 2.23. The molecule has 1 fully saturated rings. The molecule has 3 rings (SSSR count). The molecule has 1 amide bonds. The van der Waals surface area contributed by atoms with Gasteiger partial charge in [0.25, 0.3) is 15.9 Å². The molecule has 0 unspecified atom stereocenters. The van der Waals surface area contributed by atoms with Gasteiger partial charge in [-0.25, -0.2) is 8.42 Å². The lowest BCUT2D eigenvalue weighted by molar-refractivity contribution is 0.0658. The summed E-state index contributed by atoms with van der Waals surface area (Å²) in [5.41, 5.74) is 2.66. The van der Waals surface area contributed by atoms with Crippen LogP contribution < -0.4 is 4.72 Å². The van der Waals surface area contributed by atoms with Crippen molar-refractivity contribution in [2.45, 2.75) is 37.6 Å². The molecular formula is C22H30ClN3O3S.